The number of likely N-dealkylation sites (tertiary alicyclic amines) is 1. The van der Waals surface area contributed by atoms with Gasteiger partial charge < -0.3 is 0 Å². The lowest BCUT2D eigenvalue weighted by atomic mass is 9.74. The molecule has 2 aliphatic rings. The maximum absolute atomic E-state index is 12.6. The standard InChI is InChI=1S/C19H22N2O2S/c1-16-7-9-18(10-8-16)24(22,23)21-14-19(15-21)12-20(13-19)11-17-5-3-2-4-6-17/h2-10H,11-15H2,1H3. The second-order valence-corrected chi connectivity index (χ2v) is 9.15. The van der Waals surface area contributed by atoms with Gasteiger partial charge in [0.15, 0.2) is 0 Å². The lowest BCUT2D eigenvalue weighted by Crippen LogP contribution is -2.72. The van der Waals surface area contributed by atoms with Gasteiger partial charge in [-0.15, -0.1) is 0 Å². The van der Waals surface area contributed by atoms with E-state index in [1.165, 1.54) is 5.56 Å². The van der Waals surface area contributed by atoms with Gasteiger partial charge in [0.05, 0.1) is 4.90 Å². The zero-order valence-corrected chi connectivity index (χ0v) is 14.7. The number of aryl methyl sites for hydroxylation is 1. The average molecular weight is 342 g/mol. The number of rotatable bonds is 4. The maximum Gasteiger partial charge on any atom is 0.243 e. The monoisotopic (exact) mass is 342 g/mol. The van der Waals surface area contributed by atoms with Gasteiger partial charge in [-0.1, -0.05) is 48.0 Å². The lowest BCUT2D eigenvalue weighted by molar-refractivity contribution is -0.0846. The van der Waals surface area contributed by atoms with Crippen LogP contribution in [0.5, 0.6) is 0 Å². The van der Waals surface area contributed by atoms with Crippen molar-refractivity contribution in [2.75, 3.05) is 26.2 Å². The van der Waals surface area contributed by atoms with Gasteiger partial charge in [0.25, 0.3) is 0 Å². The Morgan fingerprint density at radius 1 is 0.917 bits per heavy atom. The van der Waals surface area contributed by atoms with Crippen LogP contribution in [0.1, 0.15) is 11.1 Å². The molecule has 0 radical (unpaired) electrons. The molecule has 0 unspecified atom stereocenters. The zero-order chi connectivity index (χ0) is 16.8. The molecule has 0 saturated carbocycles. The number of hydrogen-bond acceptors (Lipinski definition) is 3. The van der Waals surface area contributed by atoms with Crippen molar-refractivity contribution < 1.29 is 8.42 Å². The minimum Gasteiger partial charge on any atom is -0.298 e. The Morgan fingerprint density at radius 2 is 1.54 bits per heavy atom. The Balaban J connectivity index is 1.35. The predicted octanol–water partition coefficient (Wildman–Crippen LogP) is 2.50. The number of hydrogen-bond donors (Lipinski definition) is 0. The van der Waals surface area contributed by atoms with Gasteiger partial charge in [-0.2, -0.15) is 4.31 Å². The zero-order valence-electron chi connectivity index (χ0n) is 13.9. The first-order chi connectivity index (χ1) is 11.5. The van der Waals surface area contributed by atoms with E-state index in [1.807, 2.05) is 25.1 Å². The fraction of sp³-hybridized carbons (Fsp3) is 0.368. The third-order valence-corrected chi connectivity index (χ3v) is 6.86. The van der Waals surface area contributed by atoms with E-state index in [9.17, 15) is 8.42 Å². The smallest absolute Gasteiger partial charge is 0.243 e. The van der Waals surface area contributed by atoms with Crippen molar-refractivity contribution in [2.45, 2.75) is 18.4 Å². The third-order valence-electron chi connectivity index (χ3n) is 5.05. The summed E-state index contributed by atoms with van der Waals surface area (Å²) in [5.74, 6) is 0. The topological polar surface area (TPSA) is 40.6 Å². The molecule has 2 heterocycles. The van der Waals surface area contributed by atoms with Gasteiger partial charge in [-0.25, -0.2) is 8.42 Å². The van der Waals surface area contributed by atoms with Gasteiger partial charge >= 0.3 is 0 Å². The lowest BCUT2D eigenvalue weighted by Gasteiger charge is -2.59. The molecule has 0 amide bonds. The van der Waals surface area contributed by atoms with Gasteiger partial charge in [-0.3, -0.25) is 4.90 Å². The van der Waals surface area contributed by atoms with Crippen LogP contribution in [0.25, 0.3) is 0 Å². The van der Waals surface area contributed by atoms with Crippen molar-refractivity contribution in [3.63, 3.8) is 0 Å². The molecule has 2 fully saturated rings. The third kappa shape index (κ3) is 2.77. The SMILES string of the molecule is Cc1ccc(S(=O)(=O)N2CC3(CN(Cc4ccccc4)C3)C2)cc1. The van der Waals surface area contributed by atoms with E-state index in [0.717, 1.165) is 25.2 Å². The molecular weight excluding hydrogens is 320 g/mol. The first kappa shape index (κ1) is 15.8. The van der Waals surface area contributed by atoms with Gasteiger partial charge in [-0.05, 0) is 24.6 Å². The molecule has 0 N–H and O–H groups in total. The second kappa shape index (κ2) is 5.69. The molecular formula is C19H22N2O2S. The minimum atomic E-state index is -3.33. The fourth-order valence-electron chi connectivity index (χ4n) is 3.79. The van der Waals surface area contributed by atoms with Crippen LogP contribution in [-0.2, 0) is 16.6 Å². The molecule has 2 aromatic rings. The van der Waals surface area contributed by atoms with Crippen LogP contribution < -0.4 is 0 Å². The molecule has 0 aromatic heterocycles. The Bertz CT molecular complexity index is 817. The van der Waals surface area contributed by atoms with Crippen molar-refractivity contribution in [2.24, 2.45) is 5.41 Å². The Kier molecular flexibility index (Phi) is 3.75. The van der Waals surface area contributed by atoms with Crippen LogP contribution in [0.3, 0.4) is 0 Å². The van der Waals surface area contributed by atoms with E-state index >= 15 is 0 Å². The summed E-state index contributed by atoms with van der Waals surface area (Å²) in [5.41, 5.74) is 2.56. The van der Waals surface area contributed by atoms with Crippen LogP contribution in [-0.4, -0.2) is 43.8 Å². The van der Waals surface area contributed by atoms with Crippen molar-refractivity contribution >= 4 is 10.0 Å². The second-order valence-electron chi connectivity index (χ2n) is 7.22. The molecule has 0 aliphatic carbocycles. The summed E-state index contributed by atoms with van der Waals surface area (Å²) >= 11 is 0. The Hall–Kier alpha value is -1.69. The van der Waals surface area contributed by atoms with E-state index in [2.05, 4.69) is 29.2 Å². The predicted molar refractivity (Wildman–Crippen MR) is 94.1 cm³/mol. The van der Waals surface area contributed by atoms with Crippen LogP contribution >= 0.6 is 0 Å². The highest BCUT2D eigenvalue weighted by molar-refractivity contribution is 7.89. The molecule has 2 aliphatic heterocycles. The van der Waals surface area contributed by atoms with E-state index in [1.54, 1.807) is 16.4 Å². The fourth-order valence-corrected chi connectivity index (χ4v) is 5.45. The number of benzene rings is 2. The van der Waals surface area contributed by atoms with Crippen molar-refractivity contribution in [3.05, 3.63) is 65.7 Å². The summed E-state index contributed by atoms with van der Waals surface area (Å²) in [5, 5.41) is 0. The first-order valence-electron chi connectivity index (χ1n) is 8.30. The van der Waals surface area contributed by atoms with E-state index in [0.29, 0.717) is 18.0 Å². The highest BCUT2D eigenvalue weighted by Crippen LogP contribution is 2.42. The number of sulfonamides is 1. The quantitative estimate of drug-likeness (QED) is 0.857. The van der Waals surface area contributed by atoms with Crippen LogP contribution in [0.15, 0.2) is 59.5 Å². The molecule has 0 bridgehead atoms. The largest absolute Gasteiger partial charge is 0.298 e. The summed E-state index contributed by atoms with van der Waals surface area (Å²) in [6.45, 7) is 6.19. The van der Waals surface area contributed by atoms with Crippen LogP contribution in [0.4, 0.5) is 0 Å². The Morgan fingerprint density at radius 3 is 2.17 bits per heavy atom. The molecule has 4 nitrogen and oxygen atoms in total. The van der Waals surface area contributed by atoms with Gasteiger partial charge in [0.1, 0.15) is 0 Å². The van der Waals surface area contributed by atoms with Crippen molar-refractivity contribution in [3.8, 4) is 0 Å². The van der Waals surface area contributed by atoms with Crippen molar-refractivity contribution in [1.29, 1.82) is 0 Å². The molecule has 2 aromatic carbocycles. The molecule has 5 heteroatoms. The van der Waals surface area contributed by atoms with E-state index < -0.39 is 10.0 Å². The molecule has 2 saturated heterocycles. The summed E-state index contributed by atoms with van der Waals surface area (Å²) in [6, 6.07) is 17.5. The van der Waals surface area contributed by atoms with Crippen molar-refractivity contribution in [1.82, 2.24) is 9.21 Å². The maximum atomic E-state index is 12.6. The molecule has 1 spiro atoms. The highest BCUT2D eigenvalue weighted by Gasteiger charge is 2.54. The Labute approximate surface area is 143 Å². The van der Waals surface area contributed by atoms with E-state index in [4.69, 9.17) is 0 Å². The number of nitrogens with zero attached hydrogens (tertiary/aromatic N) is 2. The molecule has 0 atom stereocenters. The van der Waals surface area contributed by atoms with E-state index in [-0.39, 0.29) is 5.41 Å². The molecule has 4 rings (SSSR count). The summed E-state index contributed by atoms with van der Waals surface area (Å²) in [6.07, 6.45) is 0. The molecule has 24 heavy (non-hydrogen) atoms. The van der Waals surface area contributed by atoms with Gasteiger partial charge in [0.2, 0.25) is 10.0 Å². The van der Waals surface area contributed by atoms with Crippen LogP contribution in [0, 0.1) is 12.3 Å². The summed E-state index contributed by atoms with van der Waals surface area (Å²) < 4.78 is 26.9. The van der Waals surface area contributed by atoms with Gasteiger partial charge in [0, 0.05) is 38.1 Å². The summed E-state index contributed by atoms with van der Waals surface area (Å²) in [4.78, 5) is 2.80. The minimum absolute atomic E-state index is 0.173. The highest BCUT2D eigenvalue weighted by atomic mass is 32.2. The molecule has 126 valence electrons. The average Bonchev–Trinajstić information content (AvgIpc) is 2.49. The normalized spacial score (nSPS) is 20.5. The first-order valence-corrected chi connectivity index (χ1v) is 9.74. The van der Waals surface area contributed by atoms with Crippen LogP contribution in [0.2, 0.25) is 0 Å². The summed E-state index contributed by atoms with van der Waals surface area (Å²) in [7, 11) is -3.33.